The highest BCUT2D eigenvalue weighted by molar-refractivity contribution is 9.10. The summed E-state index contributed by atoms with van der Waals surface area (Å²) >= 11 is 22.1. The molecule has 0 aromatic heterocycles. The van der Waals surface area contributed by atoms with E-state index in [4.69, 9.17) is 39.5 Å². The van der Waals surface area contributed by atoms with Gasteiger partial charge in [0.05, 0.1) is 38.9 Å². The first-order chi connectivity index (χ1) is 16.7. The summed E-state index contributed by atoms with van der Waals surface area (Å²) in [4.78, 5) is 51.8. The molecule has 2 aliphatic carbocycles. The molecule has 3 amide bonds. The number of nitrogens with zero attached hydrogens (tertiary/aromatic N) is 1. The molecule has 6 atom stereocenters. The molecule has 1 saturated heterocycles. The molecule has 1 aliphatic heterocycles. The molecule has 1 heterocycles. The fourth-order valence-corrected chi connectivity index (χ4v) is 6.66. The lowest BCUT2D eigenvalue weighted by Crippen LogP contribution is -2.37. The number of esters is 1. The highest BCUT2D eigenvalue weighted by Gasteiger charge is 2.66. The maximum Gasteiger partial charge on any atom is 0.338 e. The molecule has 182 valence electrons. The summed E-state index contributed by atoms with van der Waals surface area (Å²) in [6, 6.07) is 10.8. The molecule has 0 spiro atoms. The Morgan fingerprint density at radius 3 is 2.17 bits per heavy atom. The van der Waals surface area contributed by atoms with Crippen LogP contribution in [0.1, 0.15) is 16.8 Å². The monoisotopic (exact) mass is 598 g/mol. The Hall–Kier alpha value is -2.13. The van der Waals surface area contributed by atoms with E-state index in [2.05, 4.69) is 21.2 Å². The van der Waals surface area contributed by atoms with Gasteiger partial charge in [-0.2, -0.15) is 0 Å². The molecule has 3 fully saturated rings. The number of alkyl halides is 2. The summed E-state index contributed by atoms with van der Waals surface area (Å²) in [5, 5.41) is 2.37. The average molecular weight is 601 g/mol. The van der Waals surface area contributed by atoms with E-state index < -0.39 is 30.3 Å². The van der Waals surface area contributed by atoms with E-state index in [-0.39, 0.29) is 40.0 Å². The highest BCUT2D eigenvalue weighted by atomic mass is 79.9. The Bertz CT molecular complexity index is 1210. The summed E-state index contributed by atoms with van der Waals surface area (Å²) in [5.74, 6) is -2.91. The lowest BCUT2D eigenvalue weighted by Gasteiger charge is -2.28. The third kappa shape index (κ3) is 4.24. The van der Waals surface area contributed by atoms with Crippen LogP contribution in [0.15, 0.2) is 46.9 Å². The molecule has 2 bridgehead atoms. The second-order valence-corrected chi connectivity index (χ2v) is 11.1. The van der Waals surface area contributed by atoms with E-state index in [1.54, 1.807) is 18.2 Å². The van der Waals surface area contributed by atoms with Gasteiger partial charge < -0.3 is 10.1 Å². The van der Waals surface area contributed by atoms with Crippen molar-refractivity contribution in [3.63, 3.8) is 0 Å². The first-order valence-electron chi connectivity index (χ1n) is 10.9. The SMILES string of the molecule is O=C(COC(=O)c1ccc(N2C(=O)[C@@H]3[C@H]4C[C@@H]([C@H](Cl)[C@H]4Cl)[C@H]3C2=O)cc1)Nc1ccc(Br)c(Cl)c1. The number of ether oxygens (including phenoxy) is 1. The number of hydrogen-bond acceptors (Lipinski definition) is 5. The van der Waals surface area contributed by atoms with Crippen LogP contribution in [0.25, 0.3) is 0 Å². The van der Waals surface area contributed by atoms with E-state index in [1.165, 1.54) is 29.2 Å². The molecule has 0 radical (unpaired) electrons. The van der Waals surface area contributed by atoms with Gasteiger partial charge in [0.2, 0.25) is 11.8 Å². The lowest BCUT2D eigenvalue weighted by atomic mass is 9.80. The molecule has 2 aromatic carbocycles. The number of halogens is 4. The number of nitrogens with one attached hydrogen (secondary N) is 1. The number of fused-ring (bicyclic) bond motifs is 5. The van der Waals surface area contributed by atoms with Crippen molar-refractivity contribution in [2.24, 2.45) is 23.7 Å². The van der Waals surface area contributed by atoms with Gasteiger partial charge in [-0.25, -0.2) is 4.79 Å². The van der Waals surface area contributed by atoms with Crippen molar-refractivity contribution in [3.05, 3.63) is 57.5 Å². The van der Waals surface area contributed by atoms with Gasteiger partial charge in [0.25, 0.3) is 5.91 Å². The van der Waals surface area contributed by atoms with Crippen molar-refractivity contribution >= 4 is 85.8 Å². The van der Waals surface area contributed by atoms with Gasteiger partial charge in [-0.3, -0.25) is 19.3 Å². The Balaban J connectivity index is 1.21. The predicted octanol–water partition coefficient (Wildman–Crippen LogP) is 4.87. The van der Waals surface area contributed by atoms with Crippen molar-refractivity contribution in [2.45, 2.75) is 17.2 Å². The summed E-state index contributed by atoms with van der Waals surface area (Å²) in [7, 11) is 0. The molecule has 7 nitrogen and oxygen atoms in total. The van der Waals surface area contributed by atoms with E-state index in [9.17, 15) is 19.2 Å². The van der Waals surface area contributed by atoms with Crippen molar-refractivity contribution < 1.29 is 23.9 Å². The average Bonchev–Trinajstić information content (AvgIpc) is 3.45. The Labute approximate surface area is 224 Å². The first kappa shape index (κ1) is 24.6. The Morgan fingerprint density at radius 1 is 1.00 bits per heavy atom. The zero-order valence-electron chi connectivity index (χ0n) is 17.9. The van der Waals surface area contributed by atoms with Crippen molar-refractivity contribution in [1.29, 1.82) is 0 Å². The van der Waals surface area contributed by atoms with Gasteiger partial charge in [0, 0.05) is 10.2 Å². The van der Waals surface area contributed by atoms with Crippen LogP contribution >= 0.6 is 50.7 Å². The number of carbonyl (C=O) groups is 4. The van der Waals surface area contributed by atoms with Crippen LogP contribution in [-0.2, 0) is 19.1 Å². The lowest BCUT2D eigenvalue weighted by molar-refractivity contribution is -0.123. The fraction of sp³-hybridized carbons (Fsp3) is 0.333. The second kappa shape index (κ2) is 9.39. The van der Waals surface area contributed by atoms with Gasteiger partial charge >= 0.3 is 5.97 Å². The van der Waals surface area contributed by atoms with Gasteiger partial charge in [-0.15, -0.1) is 23.2 Å². The maximum atomic E-state index is 13.1. The Morgan fingerprint density at radius 2 is 1.60 bits per heavy atom. The normalized spacial score (nSPS) is 28.9. The number of anilines is 2. The summed E-state index contributed by atoms with van der Waals surface area (Å²) in [5.41, 5.74) is 1.00. The minimum Gasteiger partial charge on any atom is -0.452 e. The number of benzene rings is 2. The molecule has 1 N–H and O–H groups in total. The standard InChI is InChI=1S/C24H18BrCl3N2O5/c25-15-6-3-11(7-16(15)26)29-17(31)9-35-24(34)10-1-4-12(5-2-10)30-22(32)18-13-8-14(19(18)23(30)33)21(28)20(13)27/h1-7,13-14,18-21H,8-9H2,(H,29,31)/t13-,14-,18-,19-,20+,21+/m1/s1. The van der Waals surface area contributed by atoms with E-state index in [0.717, 1.165) is 0 Å². The molecule has 11 heteroatoms. The highest BCUT2D eigenvalue weighted by Crippen LogP contribution is 2.59. The van der Waals surface area contributed by atoms with Gasteiger partial charge in [0.15, 0.2) is 6.61 Å². The minimum atomic E-state index is -0.718. The number of hydrogen-bond donors (Lipinski definition) is 1. The summed E-state index contributed by atoms with van der Waals surface area (Å²) in [6.45, 7) is -0.497. The van der Waals surface area contributed by atoms with Crippen molar-refractivity contribution in [2.75, 3.05) is 16.8 Å². The fourth-order valence-electron chi connectivity index (χ4n) is 5.34. The smallest absolute Gasteiger partial charge is 0.338 e. The molecule has 0 unspecified atom stereocenters. The predicted molar refractivity (Wildman–Crippen MR) is 135 cm³/mol. The molecular weight excluding hydrogens is 583 g/mol. The van der Waals surface area contributed by atoms with Gasteiger partial charge in [-0.1, -0.05) is 11.6 Å². The van der Waals surface area contributed by atoms with Crippen molar-refractivity contribution in [3.8, 4) is 0 Å². The van der Waals surface area contributed by atoms with Gasteiger partial charge in [0.1, 0.15) is 0 Å². The quantitative estimate of drug-likeness (QED) is 0.301. The zero-order valence-corrected chi connectivity index (χ0v) is 21.8. The molecule has 2 aromatic rings. The minimum absolute atomic E-state index is 0.107. The van der Waals surface area contributed by atoms with Crippen LogP contribution < -0.4 is 10.2 Å². The van der Waals surface area contributed by atoms with Crippen LogP contribution in [0.5, 0.6) is 0 Å². The molecular formula is C24H18BrCl3N2O5. The van der Waals surface area contributed by atoms with Crippen LogP contribution in [0.2, 0.25) is 5.02 Å². The first-order valence-corrected chi connectivity index (χ1v) is 12.9. The van der Waals surface area contributed by atoms with Crippen LogP contribution in [-0.4, -0.2) is 41.1 Å². The summed E-state index contributed by atoms with van der Waals surface area (Å²) in [6.07, 6.45) is 0.691. The van der Waals surface area contributed by atoms with Gasteiger partial charge in [-0.05, 0) is 76.7 Å². The van der Waals surface area contributed by atoms with E-state index in [0.29, 0.717) is 27.3 Å². The molecule has 35 heavy (non-hydrogen) atoms. The number of carbonyl (C=O) groups excluding carboxylic acids is 4. The van der Waals surface area contributed by atoms with Crippen molar-refractivity contribution in [1.82, 2.24) is 0 Å². The topological polar surface area (TPSA) is 92.8 Å². The molecule has 2 saturated carbocycles. The molecule has 5 rings (SSSR count). The van der Waals surface area contributed by atoms with E-state index in [1.807, 2.05) is 0 Å². The number of imide groups is 1. The summed E-state index contributed by atoms with van der Waals surface area (Å²) < 4.78 is 5.76. The third-order valence-electron chi connectivity index (χ3n) is 6.89. The number of rotatable bonds is 5. The largest absolute Gasteiger partial charge is 0.452 e. The van der Waals surface area contributed by atoms with E-state index >= 15 is 0 Å². The second-order valence-electron chi connectivity index (χ2n) is 8.82. The third-order valence-corrected chi connectivity index (χ3v) is 9.44. The van der Waals surface area contributed by atoms with Crippen LogP contribution in [0, 0.1) is 23.7 Å². The Kier molecular flexibility index (Phi) is 6.59. The van der Waals surface area contributed by atoms with Crippen LogP contribution in [0.3, 0.4) is 0 Å². The number of amides is 3. The maximum absolute atomic E-state index is 13.1. The molecule has 3 aliphatic rings. The zero-order chi connectivity index (χ0) is 25.0. The van der Waals surface area contributed by atoms with Crippen LogP contribution in [0.4, 0.5) is 11.4 Å².